The zero-order valence-electron chi connectivity index (χ0n) is 13.4. The molecule has 1 saturated carbocycles. The number of nitrogens with zero attached hydrogens (tertiary/aromatic N) is 1. The molecule has 5 nitrogen and oxygen atoms in total. The molecule has 0 unspecified atom stereocenters. The highest BCUT2D eigenvalue weighted by atomic mass is 16.2. The van der Waals surface area contributed by atoms with Crippen LogP contribution in [0.4, 0.5) is 0 Å². The number of hydrogen-bond donors (Lipinski definition) is 2. The van der Waals surface area contributed by atoms with E-state index in [1.165, 1.54) is 12.8 Å². The van der Waals surface area contributed by atoms with Crippen LogP contribution in [0.2, 0.25) is 0 Å². The third kappa shape index (κ3) is 5.48. The number of benzene rings is 1. The number of nitrogens with one attached hydrogen (secondary N) is 2. The SMILES string of the molecule is CN(C)C(=O)c1cccc(CCNC(=O)CNCC2CC2)c1. The van der Waals surface area contributed by atoms with Gasteiger partial charge in [0.1, 0.15) is 0 Å². The number of carbonyl (C=O) groups is 2. The summed E-state index contributed by atoms with van der Waals surface area (Å²) in [5, 5.41) is 6.07. The van der Waals surface area contributed by atoms with Crippen molar-refractivity contribution in [2.24, 2.45) is 5.92 Å². The molecule has 2 rings (SSSR count). The summed E-state index contributed by atoms with van der Waals surface area (Å²) in [6.07, 6.45) is 3.30. The van der Waals surface area contributed by atoms with E-state index in [2.05, 4.69) is 10.6 Å². The van der Waals surface area contributed by atoms with Crippen LogP contribution in [0.15, 0.2) is 24.3 Å². The van der Waals surface area contributed by atoms with Gasteiger partial charge in [-0.1, -0.05) is 12.1 Å². The largest absolute Gasteiger partial charge is 0.355 e. The second-order valence-electron chi connectivity index (χ2n) is 6.07. The van der Waals surface area contributed by atoms with Gasteiger partial charge in [0.15, 0.2) is 0 Å². The van der Waals surface area contributed by atoms with Gasteiger partial charge in [0.05, 0.1) is 6.54 Å². The average molecular weight is 303 g/mol. The molecule has 2 amide bonds. The highest BCUT2D eigenvalue weighted by Crippen LogP contribution is 2.27. The summed E-state index contributed by atoms with van der Waals surface area (Å²) < 4.78 is 0. The Labute approximate surface area is 132 Å². The predicted molar refractivity (Wildman–Crippen MR) is 86.8 cm³/mol. The molecule has 120 valence electrons. The van der Waals surface area contributed by atoms with Crippen LogP contribution in [0.25, 0.3) is 0 Å². The summed E-state index contributed by atoms with van der Waals surface area (Å²) in [6.45, 7) is 1.92. The molecular weight excluding hydrogens is 278 g/mol. The lowest BCUT2D eigenvalue weighted by molar-refractivity contribution is -0.120. The molecule has 0 heterocycles. The van der Waals surface area contributed by atoms with E-state index in [9.17, 15) is 9.59 Å². The minimum atomic E-state index is -0.00448. The standard InChI is InChI=1S/C17H25N3O2/c1-20(2)17(22)15-5-3-4-13(10-15)8-9-19-16(21)12-18-11-14-6-7-14/h3-5,10,14,18H,6-9,11-12H2,1-2H3,(H,19,21). The van der Waals surface area contributed by atoms with E-state index in [1.54, 1.807) is 19.0 Å². The minimum absolute atomic E-state index is 0.00448. The zero-order chi connectivity index (χ0) is 15.9. The maximum atomic E-state index is 11.9. The molecule has 0 spiro atoms. The Hall–Kier alpha value is -1.88. The van der Waals surface area contributed by atoms with Gasteiger partial charge >= 0.3 is 0 Å². The molecular formula is C17H25N3O2. The second kappa shape index (κ2) is 7.94. The van der Waals surface area contributed by atoms with Crippen LogP contribution in [0.5, 0.6) is 0 Å². The van der Waals surface area contributed by atoms with Crippen molar-refractivity contribution in [3.05, 3.63) is 35.4 Å². The Morgan fingerprint density at radius 2 is 2.05 bits per heavy atom. The number of hydrogen-bond acceptors (Lipinski definition) is 3. The van der Waals surface area contributed by atoms with Gasteiger partial charge in [-0.2, -0.15) is 0 Å². The van der Waals surface area contributed by atoms with Crippen LogP contribution in [-0.2, 0) is 11.2 Å². The van der Waals surface area contributed by atoms with Gasteiger partial charge in [-0.05, 0) is 49.4 Å². The summed E-state index contributed by atoms with van der Waals surface area (Å²) in [5.41, 5.74) is 1.74. The van der Waals surface area contributed by atoms with Crippen molar-refractivity contribution in [1.29, 1.82) is 0 Å². The highest BCUT2D eigenvalue weighted by Gasteiger charge is 2.20. The zero-order valence-corrected chi connectivity index (χ0v) is 13.4. The van der Waals surface area contributed by atoms with Crippen LogP contribution in [-0.4, -0.2) is 50.4 Å². The molecule has 0 saturated heterocycles. The maximum absolute atomic E-state index is 11.9. The van der Waals surface area contributed by atoms with E-state index in [-0.39, 0.29) is 11.8 Å². The monoisotopic (exact) mass is 303 g/mol. The van der Waals surface area contributed by atoms with Crippen LogP contribution in [0, 0.1) is 5.92 Å². The summed E-state index contributed by atoms with van der Waals surface area (Å²) >= 11 is 0. The van der Waals surface area contributed by atoms with E-state index in [0.29, 0.717) is 18.7 Å². The Morgan fingerprint density at radius 1 is 1.27 bits per heavy atom. The van der Waals surface area contributed by atoms with Gasteiger partial charge < -0.3 is 15.5 Å². The lowest BCUT2D eigenvalue weighted by Gasteiger charge is -2.11. The Kier molecular flexibility index (Phi) is 5.95. The first-order chi connectivity index (χ1) is 10.6. The molecule has 1 aromatic carbocycles. The molecule has 1 aromatic rings. The lowest BCUT2D eigenvalue weighted by atomic mass is 10.1. The van der Waals surface area contributed by atoms with Gasteiger partial charge in [0.2, 0.25) is 5.91 Å². The summed E-state index contributed by atoms with van der Waals surface area (Å²) in [6, 6.07) is 7.56. The normalized spacial score (nSPS) is 13.7. The van der Waals surface area contributed by atoms with Crippen molar-refractivity contribution in [1.82, 2.24) is 15.5 Å². The van der Waals surface area contributed by atoms with Gasteiger partial charge in [-0.3, -0.25) is 9.59 Å². The van der Waals surface area contributed by atoms with Crippen LogP contribution in [0.1, 0.15) is 28.8 Å². The summed E-state index contributed by atoms with van der Waals surface area (Å²) in [4.78, 5) is 25.1. The fraction of sp³-hybridized carbons (Fsp3) is 0.529. The van der Waals surface area contributed by atoms with E-state index >= 15 is 0 Å². The third-order valence-corrected chi connectivity index (χ3v) is 3.73. The van der Waals surface area contributed by atoms with Crippen LogP contribution in [0.3, 0.4) is 0 Å². The van der Waals surface area contributed by atoms with Gasteiger partial charge in [0.25, 0.3) is 5.91 Å². The molecule has 0 aliphatic heterocycles. The van der Waals surface area contributed by atoms with Gasteiger partial charge in [-0.15, -0.1) is 0 Å². The van der Waals surface area contributed by atoms with Crippen molar-refractivity contribution < 1.29 is 9.59 Å². The Bertz CT molecular complexity index is 524. The van der Waals surface area contributed by atoms with Gasteiger partial charge in [-0.25, -0.2) is 0 Å². The Morgan fingerprint density at radius 3 is 2.73 bits per heavy atom. The molecule has 0 aromatic heterocycles. The highest BCUT2D eigenvalue weighted by molar-refractivity contribution is 5.94. The van der Waals surface area contributed by atoms with Crippen LogP contribution < -0.4 is 10.6 Å². The van der Waals surface area contributed by atoms with Crippen molar-refractivity contribution in [3.8, 4) is 0 Å². The fourth-order valence-electron chi connectivity index (χ4n) is 2.24. The summed E-state index contributed by atoms with van der Waals surface area (Å²) in [7, 11) is 3.48. The van der Waals surface area contributed by atoms with Crippen molar-refractivity contribution in [3.63, 3.8) is 0 Å². The topological polar surface area (TPSA) is 61.4 Å². The van der Waals surface area contributed by atoms with Crippen LogP contribution >= 0.6 is 0 Å². The molecule has 1 aliphatic carbocycles. The number of carbonyl (C=O) groups excluding carboxylic acids is 2. The first-order valence-corrected chi connectivity index (χ1v) is 7.84. The molecule has 5 heteroatoms. The predicted octanol–water partition coefficient (Wildman–Crippen LogP) is 1.05. The quantitative estimate of drug-likeness (QED) is 0.754. The molecule has 1 fully saturated rings. The lowest BCUT2D eigenvalue weighted by Crippen LogP contribution is -2.35. The average Bonchev–Trinajstić information content (AvgIpc) is 3.31. The fourth-order valence-corrected chi connectivity index (χ4v) is 2.24. The molecule has 22 heavy (non-hydrogen) atoms. The van der Waals surface area contributed by atoms with Gasteiger partial charge in [0, 0.05) is 26.2 Å². The number of amides is 2. The molecule has 0 radical (unpaired) electrons. The maximum Gasteiger partial charge on any atom is 0.253 e. The smallest absolute Gasteiger partial charge is 0.253 e. The molecule has 2 N–H and O–H groups in total. The van der Waals surface area contributed by atoms with Crippen molar-refractivity contribution in [2.45, 2.75) is 19.3 Å². The molecule has 0 bridgehead atoms. The molecule has 0 atom stereocenters. The third-order valence-electron chi connectivity index (χ3n) is 3.73. The number of rotatable bonds is 8. The second-order valence-corrected chi connectivity index (χ2v) is 6.07. The van der Waals surface area contributed by atoms with E-state index in [1.807, 2.05) is 24.3 Å². The van der Waals surface area contributed by atoms with E-state index in [4.69, 9.17) is 0 Å². The first kappa shape index (κ1) is 16.5. The van der Waals surface area contributed by atoms with Crippen molar-refractivity contribution >= 4 is 11.8 Å². The van der Waals surface area contributed by atoms with Crippen molar-refractivity contribution in [2.75, 3.05) is 33.7 Å². The van der Waals surface area contributed by atoms with E-state index in [0.717, 1.165) is 24.4 Å². The first-order valence-electron chi connectivity index (χ1n) is 7.84. The Balaban J connectivity index is 1.70. The minimum Gasteiger partial charge on any atom is -0.355 e. The summed E-state index contributed by atoms with van der Waals surface area (Å²) in [5.74, 6) is 0.807. The van der Waals surface area contributed by atoms with E-state index < -0.39 is 0 Å². The molecule has 1 aliphatic rings.